The molecular weight excluding hydrogens is 458 g/mol. The van der Waals surface area contributed by atoms with E-state index in [1.165, 1.54) is 36.0 Å². The molecule has 3 N–H and O–H groups in total. The Labute approximate surface area is 197 Å². The molecule has 0 bridgehead atoms. The smallest absolute Gasteiger partial charge is 0.329 e. The summed E-state index contributed by atoms with van der Waals surface area (Å²) in [4.78, 5) is 41.6. The van der Waals surface area contributed by atoms with Gasteiger partial charge in [-0.25, -0.2) is 10.2 Å². The summed E-state index contributed by atoms with van der Waals surface area (Å²) in [5.41, 5.74) is 1.86. The number of imidazole rings is 1. The Morgan fingerprint density at radius 1 is 1.26 bits per heavy atom. The van der Waals surface area contributed by atoms with Gasteiger partial charge in [-0.2, -0.15) is 10.1 Å². The van der Waals surface area contributed by atoms with Gasteiger partial charge in [0.1, 0.15) is 18.5 Å². The van der Waals surface area contributed by atoms with Crippen LogP contribution in [0.25, 0.3) is 11.2 Å². The number of hydrogen-bond acceptors (Lipinski definition) is 9. The fourth-order valence-corrected chi connectivity index (χ4v) is 3.35. The van der Waals surface area contributed by atoms with E-state index < -0.39 is 22.3 Å². The number of nitrogens with one attached hydrogen (secondary N) is 2. The molecule has 4 aromatic rings. The Morgan fingerprint density at radius 3 is 2.77 bits per heavy atom. The fourth-order valence-electron chi connectivity index (χ4n) is 3.35. The van der Waals surface area contributed by atoms with Crippen LogP contribution < -0.4 is 21.4 Å². The number of rotatable bonds is 9. The number of nitrogens with zero attached hydrogens (tertiary/aromatic N) is 5. The number of ether oxygens (including phenoxy) is 1. The van der Waals surface area contributed by atoms with Crippen molar-refractivity contribution in [2.45, 2.75) is 12.6 Å². The van der Waals surface area contributed by atoms with E-state index in [1.54, 1.807) is 30.3 Å². The highest BCUT2D eigenvalue weighted by molar-refractivity contribution is 5.81. The van der Waals surface area contributed by atoms with Gasteiger partial charge in [0.25, 0.3) is 11.2 Å². The number of hydrazone groups is 1. The molecule has 13 nitrogen and oxygen atoms in total. The first-order chi connectivity index (χ1) is 16.8. The van der Waals surface area contributed by atoms with Crippen molar-refractivity contribution < 1.29 is 14.8 Å². The van der Waals surface area contributed by atoms with Crippen molar-refractivity contribution in [2.75, 3.05) is 12.0 Å². The monoisotopic (exact) mass is 479 g/mol. The highest BCUT2D eigenvalue weighted by Gasteiger charge is 2.20. The van der Waals surface area contributed by atoms with Crippen LogP contribution in [0, 0.1) is 10.1 Å². The molecule has 13 heteroatoms. The molecule has 0 aliphatic rings. The standard InChI is InChI=1S/C22H21N7O6/c1-27-19-18(20(31)25-22(27)32)28(12-16(30)13-35-17-8-3-2-4-9-17)21(24-19)26-23-11-14-6-5-7-15(10-14)29(33)34/h2-11,16,30H,12-13H2,1H3,(H,24,26)(H,25,31,32)/b23-11+. The minimum absolute atomic E-state index is 0.0545. The minimum atomic E-state index is -1.04. The molecule has 0 amide bonds. The maximum Gasteiger partial charge on any atom is 0.329 e. The van der Waals surface area contributed by atoms with E-state index in [2.05, 4.69) is 20.5 Å². The second-order valence-corrected chi connectivity index (χ2v) is 7.54. The van der Waals surface area contributed by atoms with Gasteiger partial charge in [-0.3, -0.25) is 24.5 Å². The molecule has 0 aliphatic heterocycles. The number of benzene rings is 2. The average Bonchev–Trinajstić information content (AvgIpc) is 3.20. The van der Waals surface area contributed by atoms with Crippen molar-refractivity contribution in [1.82, 2.24) is 19.1 Å². The van der Waals surface area contributed by atoms with Crippen LogP contribution in [-0.2, 0) is 13.6 Å². The molecular formula is C22H21N7O6. The van der Waals surface area contributed by atoms with E-state index in [9.17, 15) is 24.8 Å². The van der Waals surface area contributed by atoms with E-state index in [-0.39, 0.29) is 36.0 Å². The maximum absolute atomic E-state index is 12.6. The topological polar surface area (TPSA) is 170 Å². The summed E-state index contributed by atoms with van der Waals surface area (Å²) in [5.74, 6) is 0.648. The van der Waals surface area contributed by atoms with Gasteiger partial charge in [0.05, 0.1) is 17.7 Å². The van der Waals surface area contributed by atoms with Crippen LogP contribution in [0.2, 0.25) is 0 Å². The number of aliphatic hydroxyl groups is 1. The average molecular weight is 479 g/mol. The third-order valence-electron chi connectivity index (χ3n) is 5.05. The van der Waals surface area contributed by atoms with Crippen molar-refractivity contribution in [3.8, 4) is 5.75 Å². The molecule has 1 unspecified atom stereocenters. The summed E-state index contributed by atoms with van der Waals surface area (Å²) in [6.45, 7) is -0.164. The normalized spacial score (nSPS) is 12.2. The van der Waals surface area contributed by atoms with Crippen molar-refractivity contribution in [3.63, 3.8) is 0 Å². The number of para-hydroxylation sites is 1. The number of non-ortho nitro benzene ring substituents is 1. The predicted octanol–water partition coefficient (Wildman–Crippen LogP) is 1.22. The Hall–Kier alpha value is -4.78. The zero-order chi connectivity index (χ0) is 24.9. The third kappa shape index (κ3) is 5.25. The molecule has 35 heavy (non-hydrogen) atoms. The predicted molar refractivity (Wildman–Crippen MR) is 128 cm³/mol. The van der Waals surface area contributed by atoms with E-state index in [0.717, 1.165) is 4.57 Å². The van der Waals surface area contributed by atoms with E-state index >= 15 is 0 Å². The molecule has 0 aliphatic carbocycles. The number of nitro groups is 1. The van der Waals surface area contributed by atoms with E-state index in [1.807, 2.05) is 6.07 Å². The lowest BCUT2D eigenvalue weighted by Crippen LogP contribution is -2.30. The van der Waals surface area contributed by atoms with E-state index in [4.69, 9.17) is 4.74 Å². The lowest BCUT2D eigenvalue weighted by Gasteiger charge is -2.15. The third-order valence-corrected chi connectivity index (χ3v) is 5.05. The maximum atomic E-state index is 12.6. The molecule has 4 rings (SSSR count). The molecule has 2 heterocycles. The van der Waals surface area contributed by atoms with Gasteiger partial charge in [-0.15, -0.1) is 0 Å². The van der Waals surface area contributed by atoms with Crippen LogP contribution in [0.5, 0.6) is 5.75 Å². The number of H-pyrrole nitrogens is 1. The summed E-state index contributed by atoms with van der Waals surface area (Å²) in [6, 6.07) is 14.8. The first-order valence-corrected chi connectivity index (χ1v) is 10.4. The minimum Gasteiger partial charge on any atom is -0.491 e. The zero-order valence-electron chi connectivity index (χ0n) is 18.5. The summed E-state index contributed by atoms with van der Waals surface area (Å²) >= 11 is 0. The number of aromatic amines is 1. The molecule has 0 saturated heterocycles. The number of anilines is 1. The lowest BCUT2D eigenvalue weighted by molar-refractivity contribution is -0.384. The number of aliphatic hydroxyl groups excluding tert-OH is 1. The van der Waals surface area contributed by atoms with Gasteiger partial charge < -0.3 is 14.4 Å². The van der Waals surface area contributed by atoms with Crippen LogP contribution in [0.15, 0.2) is 69.3 Å². The van der Waals surface area contributed by atoms with Crippen LogP contribution in [-0.4, -0.2) is 48.1 Å². The van der Waals surface area contributed by atoms with Gasteiger partial charge in [0.2, 0.25) is 5.95 Å². The van der Waals surface area contributed by atoms with Crippen molar-refractivity contribution in [1.29, 1.82) is 0 Å². The second kappa shape index (κ2) is 10.0. The van der Waals surface area contributed by atoms with Crippen molar-refractivity contribution in [2.24, 2.45) is 12.1 Å². The molecule has 2 aromatic carbocycles. The molecule has 0 fully saturated rings. The largest absolute Gasteiger partial charge is 0.491 e. The van der Waals surface area contributed by atoms with Gasteiger partial charge in [0, 0.05) is 24.7 Å². The van der Waals surface area contributed by atoms with Crippen molar-refractivity contribution >= 4 is 29.0 Å². The van der Waals surface area contributed by atoms with Crippen LogP contribution in [0.3, 0.4) is 0 Å². The van der Waals surface area contributed by atoms with Crippen LogP contribution in [0.4, 0.5) is 11.6 Å². The van der Waals surface area contributed by atoms with Gasteiger partial charge in [-0.1, -0.05) is 30.3 Å². The molecule has 180 valence electrons. The number of aromatic nitrogens is 4. The quantitative estimate of drug-likeness (QED) is 0.183. The molecule has 0 spiro atoms. The lowest BCUT2D eigenvalue weighted by atomic mass is 10.2. The van der Waals surface area contributed by atoms with Gasteiger partial charge in [-0.05, 0) is 12.1 Å². The van der Waals surface area contributed by atoms with Crippen LogP contribution >= 0.6 is 0 Å². The first kappa shape index (κ1) is 23.4. The molecule has 2 aromatic heterocycles. The van der Waals surface area contributed by atoms with Crippen molar-refractivity contribution in [3.05, 3.63) is 91.1 Å². The molecule has 1 atom stereocenters. The highest BCUT2D eigenvalue weighted by Crippen LogP contribution is 2.17. The molecule has 0 radical (unpaired) electrons. The Bertz CT molecular complexity index is 1510. The van der Waals surface area contributed by atoms with Crippen LogP contribution in [0.1, 0.15) is 5.56 Å². The number of aryl methyl sites for hydroxylation is 1. The summed E-state index contributed by atoms with van der Waals surface area (Å²) in [5, 5.41) is 25.6. The fraction of sp³-hybridized carbons (Fsp3) is 0.182. The summed E-state index contributed by atoms with van der Waals surface area (Å²) in [7, 11) is 1.45. The van der Waals surface area contributed by atoms with Gasteiger partial charge in [0.15, 0.2) is 11.2 Å². The number of fused-ring (bicyclic) bond motifs is 1. The Kier molecular flexibility index (Phi) is 6.69. The van der Waals surface area contributed by atoms with E-state index in [0.29, 0.717) is 11.3 Å². The first-order valence-electron chi connectivity index (χ1n) is 10.4. The SMILES string of the molecule is Cn1c(=O)[nH]c(=O)c2c1nc(N/N=C/c1cccc([N+](=O)[O-])c1)n2CC(O)COc1ccccc1. The Balaban J connectivity index is 1.62. The zero-order valence-corrected chi connectivity index (χ0v) is 18.5. The number of nitro benzene ring substituents is 1. The Morgan fingerprint density at radius 2 is 2.03 bits per heavy atom. The summed E-state index contributed by atoms with van der Waals surface area (Å²) < 4.78 is 8.13. The van der Waals surface area contributed by atoms with Gasteiger partial charge >= 0.3 is 5.69 Å². The second-order valence-electron chi connectivity index (χ2n) is 7.54. The highest BCUT2D eigenvalue weighted by atomic mass is 16.6. The summed E-state index contributed by atoms with van der Waals surface area (Å²) in [6.07, 6.45) is 0.306. The molecule has 0 saturated carbocycles. The number of hydrogen-bond donors (Lipinski definition) is 3.